The Morgan fingerprint density at radius 3 is 1.69 bits per heavy atom. The summed E-state index contributed by atoms with van der Waals surface area (Å²) in [5.74, 6) is 1.76. The normalized spacial score (nSPS) is 11.9. The topological polar surface area (TPSA) is 61.7 Å². The van der Waals surface area contributed by atoms with Crippen LogP contribution in [0.4, 0.5) is 0 Å². The van der Waals surface area contributed by atoms with Gasteiger partial charge in [-0.2, -0.15) is 0 Å². The Bertz CT molecular complexity index is 4620. The second kappa shape index (κ2) is 15.4. The third-order valence-electron chi connectivity index (χ3n) is 14.3. The van der Waals surface area contributed by atoms with E-state index in [2.05, 4.69) is 240 Å². The van der Waals surface area contributed by atoms with Crippen LogP contribution in [-0.4, -0.2) is 24.1 Å². The fraction of sp³-hybridized carbons (Fsp3) is 0. The van der Waals surface area contributed by atoms with Crippen molar-refractivity contribution in [1.29, 1.82) is 0 Å². The quantitative estimate of drug-likeness (QED) is 0.167. The van der Waals surface area contributed by atoms with E-state index in [1.165, 1.54) is 38.0 Å². The molecule has 0 saturated heterocycles. The summed E-state index contributed by atoms with van der Waals surface area (Å²) in [6.45, 7) is 0. The van der Waals surface area contributed by atoms with Crippen molar-refractivity contribution in [2.24, 2.45) is 0 Å². The molecule has 4 aromatic heterocycles. The summed E-state index contributed by atoms with van der Waals surface area (Å²) in [7, 11) is 0. The summed E-state index contributed by atoms with van der Waals surface area (Å²) < 4.78 is 11.4. The predicted octanol–water partition coefficient (Wildman–Crippen LogP) is 16.9. The first-order valence-corrected chi connectivity index (χ1v) is 24.0. The molecule has 0 amide bonds. The molecule has 0 spiro atoms. The summed E-state index contributed by atoms with van der Waals surface area (Å²) in [6, 6.07) is 83.9. The van der Waals surface area contributed by atoms with Crippen LogP contribution in [-0.2, 0) is 0 Å². The Balaban J connectivity index is 0.948. The van der Waals surface area contributed by atoms with Crippen molar-refractivity contribution in [3.8, 4) is 56.7 Å². The molecular weight excluding hydrogens is 867 g/mol. The summed E-state index contributed by atoms with van der Waals surface area (Å²) in [4.78, 5) is 16.1. The number of furan rings is 1. The molecule has 6 heteroatoms. The Morgan fingerprint density at radius 2 is 0.887 bits per heavy atom. The lowest BCUT2D eigenvalue weighted by Crippen LogP contribution is -2.02. The minimum atomic E-state index is 0.575. The van der Waals surface area contributed by atoms with Gasteiger partial charge in [0.05, 0.1) is 22.1 Å². The second-order valence-corrected chi connectivity index (χ2v) is 18.4. The zero-order chi connectivity index (χ0) is 46.6. The third kappa shape index (κ3) is 6.18. The SMILES string of the molecule is c1ccc(-c2ccc(-c3nc(-c4ccc5oc6ccc7ccc(-n8c9ccccc9c9cc%10ccccc%10cc98)cc7c6c5c4)nc(-c4cccc5c6ccccc6n(-c6ccccc6)c45)n3)cc2)cc1. The van der Waals surface area contributed by atoms with Gasteiger partial charge >= 0.3 is 0 Å². The van der Waals surface area contributed by atoms with Gasteiger partial charge in [-0.3, -0.25) is 0 Å². The molecule has 0 unspecified atom stereocenters. The van der Waals surface area contributed by atoms with E-state index in [0.717, 1.165) is 88.3 Å². The number of aromatic nitrogens is 5. The van der Waals surface area contributed by atoms with Gasteiger partial charge in [0.2, 0.25) is 0 Å². The van der Waals surface area contributed by atoms with Crippen molar-refractivity contribution in [3.63, 3.8) is 0 Å². The van der Waals surface area contributed by atoms with Crippen molar-refractivity contribution in [2.45, 2.75) is 0 Å². The summed E-state index contributed by atoms with van der Waals surface area (Å²) >= 11 is 0. The van der Waals surface area contributed by atoms with Gasteiger partial charge in [-0.1, -0.05) is 158 Å². The van der Waals surface area contributed by atoms with E-state index >= 15 is 0 Å². The standard InChI is InChI=1S/C65H39N5O/c1-3-14-40(15-4-1)41-26-28-43(29-27-41)63-66-64(68-65(67-63)52-23-13-22-51-49-20-9-12-25-57(49)70(62(51)52)47-18-5-2-6-19-47)46-32-34-59-55(37-46)61-53-39-48(33-30-42(53)31-35-60(61)71-59)69-56-24-11-10-21-50(56)54-36-44-16-7-8-17-45(44)38-58(54)69/h1-39H. The summed E-state index contributed by atoms with van der Waals surface area (Å²) in [6.07, 6.45) is 0. The van der Waals surface area contributed by atoms with Crippen LogP contribution >= 0.6 is 0 Å². The second-order valence-electron chi connectivity index (χ2n) is 18.4. The molecule has 0 radical (unpaired) electrons. The van der Waals surface area contributed by atoms with Gasteiger partial charge < -0.3 is 13.6 Å². The van der Waals surface area contributed by atoms with Gasteiger partial charge in [0.1, 0.15) is 11.2 Å². The number of fused-ring (bicyclic) bond motifs is 12. The number of benzene rings is 11. The van der Waals surface area contributed by atoms with Crippen molar-refractivity contribution in [1.82, 2.24) is 24.1 Å². The molecule has 4 heterocycles. The zero-order valence-corrected chi connectivity index (χ0v) is 38.2. The average molecular weight is 906 g/mol. The lowest BCUT2D eigenvalue weighted by atomic mass is 10.0. The number of hydrogen-bond donors (Lipinski definition) is 0. The van der Waals surface area contributed by atoms with Crippen LogP contribution < -0.4 is 0 Å². The molecule has 0 aliphatic heterocycles. The lowest BCUT2D eigenvalue weighted by molar-refractivity contribution is 0.669. The summed E-state index contributed by atoms with van der Waals surface area (Å²) in [5.41, 5.74) is 13.2. The largest absolute Gasteiger partial charge is 0.456 e. The highest BCUT2D eigenvalue weighted by Gasteiger charge is 2.22. The highest BCUT2D eigenvalue weighted by atomic mass is 16.3. The van der Waals surface area contributed by atoms with Crippen LogP contribution in [0.2, 0.25) is 0 Å². The molecule has 0 bridgehead atoms. The van der Waals surface area contributed by atoms with Crippen molar-refractivity contribution in [3.05, 3.63) is 237 Å². The molecule has 6 nitrogen and oxygen atoms in total. The van der Waals surface area contributed by atoms with E-state index in [0.29, 0.717) is 17.5 Å². The number of rotatable bonds is 6. The van der Waals surface area contributed by atoms with Crippen molar-refractivity contribution in [2.75, 3.05) is 0 Å². The molecule has 0 fully saturated rings. The Hall–Kier alpha value is -9.65. The third-order valence-corrected chi connectivity index (χ3v) is 14.3. The molecule has 15 aromatic rings. The zero-order valence-electron chi connectivity index (χ0n) is 38.2. The maximum Gasteiger partial charge on any atom is 0.166 e. The number of nitrogens with zero attached hydrogens (tertiary/aromatic N) is 5. The molecule has 0 N–H and O–H groups in total. The fourth-order valence-corrected chi connectivity index (χ4v) is 11.0. The Labute approximate surface area is 407 Å². The minimum absolute atomic E-state index is 0.575. The van der Waals surface area contributed by atoms with Crippen LogP contribution in [0.5, 0.6) is 0 Å². The van der Waals surface area contributed by atoms with E-state index in [9.17, 15) is 0 Å². The maximum absolute atomic E-state index is 6.67. The summed E-state index contributed by atoms with van der Waals surface area (Å²) in [5, 5.41) is 11.5. The van der Waals surface area contributed by atoms with Gasteiger partial charge in [0.25, 0.3) is 0 Å². The molecule has 11 aromatic carbocycles. The average Bonchev–Trinajstić information content (AvgIpc) is 4.10. The van der Waals surface area contributed by atoms with Gasteiger partial charge in [-0.05, 0) is 112 Å². The van der Waals surface area contributed by atoms with Crippen molar-refractivity contribution >= 4 is 87.1 Å². The number of para-hydroxylation sites is 4. The number of hydrogen-bond acceptors (Lipinski definition) is 4. The molecular formula is C65H39N5O. The molecule has 71 heavy (non-hydrogen) atoms. The van der Waals surface area contributed by atoms with Crippen molar-refractivity contribution < 1.29 is 4.42 Å². The van der Waals surface area contributed by atoms with E-state index in [-0.39, 0.29) is 0 Å². The minimum Gasteiger partial charge on any atom is -0.456 e. The molecule has 330 valence electrons. The lowest BCUT2D eigenvalue weighted by Gasteiger charge is -2.13. The molecule has 15 rings (SSSR count). The first-order chi connectivity index (χ1) is 35.2. The van der Waals surface area contributed by atoms with Gasteiger partial charge in [0, 0.05) is 60.4 Å². The molecule has 0 saturated carbocycles. The Kier molecular flexibility index (Phi) is 8.56. The molecule has 0 aliphatic rings. The molecule has 0 aliphatic carbocycles. The molecule has 0 atom stereocenters. The smallest absolute Gasteiger partial charge is 0.166 e. The fourth-order valence-electron chi connectivity index (χ4n) is 11.0. The van der Waals surface area contributed by atoms with Gasteiger partial charge in [-0.25, -0.2) is 15.0 Å². The Morgan fingerprint density at radius 1 is 0.296 bits per heavy atom. The van der Waals surface area contributed by atoms with Crippen LogP contribution in [0, 0.1) is 0 Å². The maximum atomic E-state index is 6.67. The van der Waals surface area contributed by atoms with Crippen LogP contribution in [0.1, 0.15) is 0 Å². The van der Waals surface area contributed by atoms with Crippen LogP contribution in [0.3, 0.4) is 0 Å². The predicted molar refractivity (Wildman–Crippen MR) is 293 cm³/mol. The van der Waals surface area contributed by atoms with E-state index in [1.807, 2.05) is 6.07 Å². The van der Waals surface area contributed by atoms with Crippen LogP contribution in [0.25, 0.3) is 144 Å². The first kappa shape index (κ1) is 39.4. The van der Waals surface area contributed by atoms with Gasteiger partial charge in [0.15, 0.2) is 17.5 Å². The highest BCUT2D eigenvalue weighted by molar-refractivity contribution is 6.20. The first-order valence-electron chi connectivity index (χ1n) is 24.0. The van der Waals surface area contributed by atoms with E-state index in [4.69, 9.17) is 19.4 Å². The van der Waals surface area contributed by atoms with Crippen LogP contribution in [0.15, 0.2) is 241 Å². The highest BCUT2D eigenvalue weighted by Crippen LogP contribution is 2.42. The van der Waals surface area contributed by atoms with Gasteiger partial charge in [-0.15, -0.1) is 0 Å². The monoisotopic (exact) mass is 905 g/mol. The van der Waals surface area contributed by atoms with E-state index < -0.39 is 0 Å². The van der Waals surface area contributed by atoms with E-state index in [1.54, 1.807) is 0 Å².